The van der Waals surface area contributed by atoms with Gasteiger partial charge in [-0.2, -0.15) is 8.78 Å². The first-order valence-electron chi connectivity index (χ1n) is 9.46. The van der Waals surface area contributed by atoms with E-state index in [9.17, 15) is 13.6 Å². The molecule has 1 amide bonds. The predicted molar refractivity (Wildman–Crippen MR) is 110 cm³/mol. The molecule has 0 N–H and O–H groups in total. The highest BCUT2D eigenvalue weighted by molar-refractivity contribution is 7.18. The van der Waals surface area contributed by atoms with E-state index in [-0.39, 0.29) is 11.7 Å². The Morgan fingerprint density at radius 1 is 1.14 bits per heavy atom. The van der Waals surface area contributed by atoms with Crippen molar-refractivity contribution in [2.24, 2.45) is 0 Å². The minimum Gasteiger partial charge on any atom is -0.435 e. The van der Waals surface area contributed by atoms with Crippen LogP contribution < -0.4 is 4.74 Å². The van der Waals surface area contributed by atoms with E-state index in [1.165, 1.54) is 22.9 Å². The summed E-state index contributed by atoms with van der Waals surface area (Å²) >= 11 is 1.74. The van der Waals surface area contributed by atoms with Crippen LogP contribution in [0, 0.1) is 0 Å². The number of amides is 1. The summed E-state index contributed by atoms with van der Waals surface area (Å²) in [5, 5.41) is 1.15. The molecule has 2 heterocycles. The number of fused-ring (bicyclic) bond motifs is 1. The Balaban J connectivity index is 1.32. The van der Waals surface area contributed by atoms with Crippen molar-refractivity contribution in [1.82, 2.24) is 9.88 Å². The molecule has 0 spiro atoms. The fraction of sp³-hybridized carbons (Fsp3) is 0.273. The SMILES string of the molecule is O=C(/C=C/c1ccc(OC(F)F)cc1)N1CCC(c2nc3ccccc3s2)CC1. The minimum atomic E-state index is -2.84. The Kier molecular flexibility index (Phi) is 5.85. The first kappa shape index (κ1) is 19.5. The fourth-order valence-corrected chi connectivity index (χ4v) is 4.58. The summed E-state index contributed by atoms with van der Waals surface area (Å²) in [6.45, 7) is -1.45. The third-order valence-electron chi connectivity index (χ3n) is 4.99. The second kappa shape index (κ2) is 8.69. The number of rotatable bonds is 5. The molecular weight excluding hydrogens is 394 g/mol. The maximum absolute atomic E-state index is 12.5. The van der Waals surface area contributed by atoms with Gasteiger partial charge in [0.1, 0.15) is 5.75 Å². The Hall–Kier alpha value is -2.80. The normalized spacial score (nSPS) is 15.5. The third-order valence-corrected chi connectivity index (χ3v) is 6.19. The van der Waals surface area contributed by atoms with Crippen LogP contribution in [0.4, 0.5) is 8.78 Å². The molecule has 1 aromatic heterocycles. The zero-order valence-corrected chi connectivity index (χ0v) is 16.4. The molecule has 0 radical (unpaired) electrons. The van der Waals surface area contributed by atoms with Crippen LogP contribution in [-0.4, -0.2) is 35.5 Å². The van der Waals surface area contributed by atoms with E-state index in [0.29, 0.717) is 19.0 Å². The van der Waals surface area contributed by atoms with Gasteiger partial charge in [-0.1, -0.05) is 24.3 Å². The topological polar surface area (TPSA) is 42.4 Å². The van der Waals surface area contributed by atoms with Crippen LogP contribution in [0.1, 0.15) is 29.3 Å². The highest BCUT2D eigenvalue weighted by Crippen LogP contribution is 2.33. The molecule has 2 aromatic carbocycles. The van der Waals surface area contributed by atoms with E-state index < -0.39 is 6.61 Å². The summed E-state index contributed by atoms with van der Waals surface area (Å²) in [7, 11) is 0. The second-order valence-electron chi connectivity index (χ2n) is 6.90. The highest BCUT2D eigenvalue weighted by Gasteiger charge is 2.25. The lowest BCUT2D eigenvalue weighted by molar-refractivity contribution is -0.126. The van der Waals surface area contributed by atoms with Gasteiger partial charge in [0.15, 0.2) is 0 Å². The first-order chi connectivity index (χ1) is 14.1. The number of carbonyl (C=O) groups excluding carboxylic acids is 1. The molecule has 0 aliphatic carbocycles. The van der Waals surface area contributed by atoms with Crippen molar-refractivity contribution in [1.29, 1.82) is 0 Å². The van der Waals surface area contributed by atoms with Crippen molar-refractivity contribution in [3.8, 4) is 5.75 Å². The summed E-state index contributed by atoms with van der Waals surface area (Å²) in [5.74, 6) is 0.448. The van der Waals surface area contributed by atoms with Crippen LogP contribution in [0.5, 0.6) is 5.75 Å². The number of thiazole rings is 1. The zero-order chi connectivity index (χ0) is 20.2. The van der Waals surface area contributed by atoms with Crippen LogP contribution in [0.2, 0.25) is 0 Å². The molecule has 7 heteroatoms. The molecule has 3 aromatic rings. The average molecular weight is 414 g/mol. The molecule has 1 saturated heterocycles. The molecule has 1 fully saturated rings. The Morgan fingerprint density at radius 3 is 2.55 bits per heavy atom. The number of carbonyl (C=O) groups is 1. The fourth-order valence-electron chi connectivity index (χ4n) is 3.44. The van der Waals surface area contributed by atoms with Crippen molar-refractivity contribution >= 4 is 33.5 Å². The van der Waals surface area contributed by atoms with Gasteiger partial charge in [-0.3, -0.25) is 4.79 Å². The molecule has 29 heavy (non-hydrogen) atoms. The maximum Gasteiger partial charge on any atom is 0.387 e. The molecule has 1 aliphatic heterocycles. The number of alkyl halides is 2. The number of aromatic nitrogens is 1. The van der Waals surface area contributed by atoms with Crippen LogP contribution >= 0.6 is 11.3 Å². The average Bonchev–Trinajstić information content (AvgIpc) is 3.17. The second-order valence-corrected chi connectivity index (χ2v) is 7.96. The summed E-state index contributed by atoms with van der Waals surface area (Å²) in [4.78, 5) is 19.1. The summed E-state index contributed by atoms with van der Waals surface area (Å²) in [6, 6.07) is 14.3. The monoisotopic (exact) mass is 414 g/mol. The van der Waals surface area contributed by atoms with E-state index in [2.05, 4.69) is 10.8 Å². The molecule has 0 atom stereocenters. The van der Waals surface area contributed by atoms with Crippen molar-refractivity contribution in [2.45, 2.75) is 25.4 Å². The van der Waals surface area contributed by atoms with Gasteiger partial charge < -0.3 is 9.64 Å². The Bertz CT molecular complexity index is 976. The lowest BCUT2D eigenvalue weighted by Crippen LogP contribution is -2.36. The van der Waals surface area contributed by atoms with Gasteiger partial charge in [0.05, 0.1) is 15.2 Å². The van der Waals surface area contributed by atoms with Crippen LogP contribution in [-0.2, 0) is 4.79 Å². The molecule has 4 nitrogen and oxygen atoms in total. The molecule has 0 bridgehead atoms. The molecular formula is C22H20F2N2O2S. The van der Waals surface area contributed by atoms with Crippen LogP contribution in [0.15, 0.2) is 54.6 Å². The smallest absolute Gasteiger partial charge is 0.387 e. The van der Waals surface area contributed by atoms with Gasteiger partial charge in [0, 0.05) is 25.1 Å². The van der Waals surface area contributed by atoms with E-state index >= 15 is 0 Å². The number of halogens is 2. The number of piperidine rings is 1. The standard InChI is InChI=1S/C22H20F2N2O2S/c23-22(24)28-17-8-5-15(6-9-17)7-10-20(27)26-13-11-16(12-14-26)21-25-18-3-1-2-4-19(18)29-21/h1-10,16,22H,11-14H2/b10-7+. The van der Waals surface area contributed by atoms with E-state index in [4.69, 9.17) is 4.98 Å². The number of likely N-dealkylation sites (tertiary alicyclic amines) is 1. The largest absolute Gasteiger partial charge is 0.435 e. The number of nitrogens with zero attached hydrogens (tertiary/aromatic N) is 2. The number of para-hydroxylation sites is 1. The quantitative estimate of drug-likeness (QED) is 0.531. The van der Waals surface area contributed by atoms with Crippen molar-refractivity contribution < 1.29 is 18.3 Å². The summed E-state index contributed by atoms with van der Waals surface area (Å²) in [6.07, 6.45) is 5.02. The van der Waals surface area contributed by atoms with Gasteiger partial charge in [-0.15, -0.1) is 11.3 Å². The number of ether oxygens (including phenoxy) is 1. The molecule has 150 valence electrons. The first-order valence-corrected chi connectivity index (χ1v) is 10.3. The summed E-state index contributed by atoms with van der Waals surface area (Å²) in [5.41, 5.74) is 1.79. The lowest BCUT2D eigenvalue weighted by atomic mass is 9.97. The molecule has 4 rings (SSSR count). The van der Waals surface area contributed by atoms with E-state index in [0.717, 1.165) is 28.9 Å². The Morgan fingerprint density at radius 2 is 1.86 bits per heavy atom. The Labute approximate surface area is 171 Å². The van der Waals surface area contributed by atoms with Gasteiger partial charge in [0.2, 0.25) is 5.91 Å². The van der Waals surface area contributed by atoms with E-state index in [1.54, 1.807) is 29.5 Å². The summed E-state index contributed by atoms with van der Waals surface area (Å²) < 4.78 is 29.9. The zero-order valence-electron chi connectivity index (χ0n) is 15.6. The maximum atomic E-state index is 12.5. The predicted octanol–water partition coefficient (Wildman–Crippen LogP) is 5.32. The molecule has 1 aliphatic rings. The number of hydrogen-bond acceptors (Lipinski definition) is 4. The number of hydrogen-bond donors (Lipinski definition) is 0. The van der Waals surface area contributed by atoms with Gasteiger partial charge >= 0.3 is 6.61 Å². The van der Waals surface area contributed by atoms with Crippen LogP contribution in [0.3, 0.4) is 0 Å². The molecule has 0 saturated carbocycles. The highest BCUT2D eigenvalue weighted by atomic mass is 32.1. The minimum absolute atomic E-state index is 0.0411. The number of benzene rings is 2. The van der Waals surface area contributed by atoms with Gasteiger partial charge in [-0.05, 0) is 48.7 Å². The molecule has 0 unspecified atom stereocenters. The van der Waals surface area contributed by atoms with Crippen LogP contribution in [0.25, 0.3) is 16.3 Å². The van der Waals surface area contributed by atoms with Gasteiger partial charge in [0.25, 0.3) is 0 Å². The van der Waals surface area contributed by atoms with Gasteiger partial charge in [-0.25, -0.2) is 4.98 Å². The third kappa shape index (κ3) is 4.79. The van der Waals surface area contributed by atoms with Crippen molar-refractivity contribution in [3.63, 3.8) is 0 Å². The lowest BCUT2D eigenvalue weighted by Gasteiger charge is -2.30. The van der Waals surface area contributed by atoms with E-state index in [1.807, 2.05) is 23.1 Å². The van der Waals surface area contributed by atoms with Crippen molar-refractivity contribution in [3.05, 3.63) is 65.2 Å². The van der Waals surface area contributed by atoms with Crippen molar-refractivity contribution in [2.75, 3.05) is 13.1 Å².